The summed E-state index contributed by atoms with van der Waals surface area (Å²) in [6, 6.07) is 4.37. The van der Waals surface area contributed by atoms with Crippen molar-refractivity contribution in [3.63, 3.8) is 0 Å². The van der Waals surface area contributed by atoms with Crippen LogP contribution in [0.1, 0.15) is 24.8 Å². The summed E-state index contributed by atoms with van der Waals surface area (Å²) >= 11 is 0. The summed E-state index contributed by atoms with van der Waals surface area (Å²) < 4.78 is 9.78. The topological polar surface area (TPSA) is 72.8 Å². The highest BCUT2D eigenvalue weighted by atomic mass is 16.5. The molecule has 0 bridgehead atoms. The van der Waals surface area contributed by atoms with E-state index >= 15 is 0 Å². The molecule has 0 fully saturated rings. The van der Waals surface area contributed by atoms with E-state index in [-0.39, 0.29) is 18.8 Å². The lowest BCUT2D eigenvalue weighted by molar-refractivity contribution is -0.146. The second kappa shape index (κ2) is 4.45. The Bertz CT molecular complexity index is 466. The lowest BCUT2D eigenvalue weighted by Gasteiger charge is -2.06. The molecule has 2 rings (SSSR count). The molecule has 0 saturated carbocycles. The first-order valence-corrected chi connectivity index (χ1v) is 5.32. The maximum absolute atomic E-state index is 11.6. The molecule has 0 radical (unpaired) electrons. The highest BCUT2D eigenvalue weighted by Gasteiger charge is 2.35. The quantitative estimate of drug-likeness (QED) is 0.633. The monoisotopic (exact) mass is 236 g/mol. The van der Waals surface area contributed by atoms with Crippen LogP contribution in [0, 0.1) is 0 Å². The van der Waals surface area contributed by atoms with E-state index in [0.29, 0.717) is 11.3 Å². The zero-order valence-corrected chi connectivity index (χ0v) is 9.30. The van der Waals surface area contributed by atoms with Crippen LogP contribution in [0.4, 0.5) is 0 Å². The number of hydrogen-bond acceptors (Lipinski definition) is 5. The van der Waals surface area contributed by atoms with E-state index in [1.807, 2.05) is 0 Å². The summed E-state index contributed by atoms with van der Waals surface area (Å²) in [5.41, 5.74) is 0.531. The minimum absolute atomic E-state index is 0.0379. The van der Waals surface area contributed by atoms with Crippen molar-refractivity contribution in [2.24, 2.45) is 0 Å². The van der Waals surface area contributed by atoms with Gasteiger partial charge in [-0.1, -0.05) is 0 Å². The molecule has 90 valence electrons. The number of phenolic OH excluding ortho intramolecular Hbond substituents is 1. The van der Waals surface area contributed by atoms with Crippen LogP contribution in [0.3, 0.4) is 0 Å². The van der Waals surface area contributed by atoms with E-state index in [9.17, 15) is 14.7 Å². The van der Waals surface area contributed by atoms with E-state index in [2.05, 4.69) is 0 Å². The Labute approximate surface area is 98.0 Å². The van der Waals surface area contributed by atoms with Gasteiger partial charge in [0.15, 0.2) is 0 Å². The molecule has 5 heteroatoms. The largest absolute Gasteiger partial charge is 0.508 e. The molecule has 1 atom stereocenters. The number of phenols is 1. The molecule has 17 heavy (non-hydrogen) atoms. The Morgan fingerprint density at radius 2 is 2.29 bits per heavy atom. The van der Waals surface area contributed by atoms with Gasteiger partial charge in [-0.15, -0.1) is 0 Å². The second-order valence-corrected chi connectivity index (χ2v) is 3.70. The Morgan fingerprint density at radius 3 is 3.00 bits per heavy atom. The number of rotatable bonds is 3. The van der Waals surface area contributed by atoms with Gasteiger partial charge in [0, 0.05) is 5.56 Å². The van der Waals surface area contributed by atoms with Crippen molar-refractivity contribution >= 4 is 11.9 Å². The number of fused-ring (bicyclic) bond motifs is 1. The molecule has 5 nitrogen and oxygen atoms in total. The summed E-state index contributed by atoms with van der Waals surface area (Å²) in [6.45, 7) is 1.97. The van der Waals surface area contributed by atoms with Crippen LogP contribution in [-0.2, 0) is 14.3 Å². The van der Waals surface area contributed by atoms with Crippen molar-refractivity contribution in [3.05, 3.63) is 23.8 Å². The fourth-order valence-corrected chi connectivity index (χ4v) is 1.79. The smallest absolute Gasteiger partial charge is 0.319 e. The molecule has 1 aromatic carbocycles. The average Bonchev–Trinajstić information content (AvgIpc) is 2.56. The van der Waals surface area contributed by atoms with Crippen LogP contribution in [0.5, 0.6) is 11.5 Å². The molecule has 1 aliphatic rings. The Hall–Kier alpha value is -2.04. The van der Waals surface area contributed by atoms with Crippen molar-refractivity contribution < 1.29 is 24.2 Å². The molecular formula is C12H12O5. The lowest BCUT2D eigenvalue weighted by atomic mass is 9.97. The number of aromatic hydroxyl groups is 1. The Morgan fingerprint density at radius 1 is 1.53 bits per heavy atom. The van der Waals surface area contributed by atoms with E-state index < -0.39 is 17.9 Å². The van der Waals surface area contributed by atoms with Gasteiger partial charge in [0.25, 0.3) is 0 Å². The number of carbonyl (C=O) groups is 2. The normalized spacial score (nSPS) is 17.5. The minimum Gasteiger partial charge on any atom is -0.508 e. The molecule has 0 aromatic heterocycles. The standard InChI is InChI=1S/C12H12O5/c1-2-16-11(14)6-9-8-5-7(13)3-4-10(8)17-12(9)15/h3-5,9,13H,2,6H2,1H3/t9-/m1/s1. The number of benzene rings is 1. The van der Waals surface area contributed by atoms with Crippen LogP contribution in [0.2, 0.25) is 0 Å². The number of ether oxygens (including phenoxy) is 2. The summed E-state index contributed by atoms with van der Waals surface area (Å²) in [5, 5.41) is 9.35. The number of hydrogen-bond donors (Lipinski definition) is 1. The lowest BCUT2D eigenvalue weighted by Crippen LogP contribution is -2.16. The van der Waals surface area contributed by atoms with Crippen molar-refractivity contribution in [1.29, 1.82) is 0 Å². The molecule has 0 amide bonds. The van der Waals surface area contributed by atoms with Crippen molar-refractivity contribution in [3.8, 4) is 11.5 Å². The number of carbonyl (C=O) groups excluding carboxylic acids is 2. The van der Waals surface area contributed by atoms with Crippen LogP contribution in [-0.4, -0.2) is 23.7 Å². The molecule has 1 N–H and O–H groups in total. The van der Waals surface area contributed by atoms with E-state index in [1.54, 1.807) is 6.92 Å². The highest BCUT2D eigenvalue weighted by molar-refractivity contribution is 5.90. The first kappa shape index (κ1) is 11.4. The predicted octanol–water partition coefficient (Wildman–Crippen LogP) is 1.35. The summed E-state index contributed by atoms with van der Waals surface area (Å²) in [6.07, 6.45) is -0.0663. The fraction of sp³-hybridized carbons (Fsp3) is 0.333. The van der Waals surface area contributed by atoms with Gasteiger partial charge in [0.05, 0.1) is 18.9 Å². The first-order valence-electron chi connectivity index (χ1n) is 5.32. The fourth-order valence-electron chi connectivity index (χ4n) is 1.79. The van der Waals surface area contributed by atoms with Crippen molar-refractivity contribution in [2.45, 2.75) is 19.3 Å². The van der Waals surface area contributed by atoms with Gasteiger partial charge in [-0.25, -0.2) is 0 Å². The second-order valence-electron chi connectivity index (χ2n) is 3.70. The molecule has 0 spiro atoms. The Kier molecular flexibility index (Phi) is 2.99. The third-order valence-corrected chi connectivity index (χ3v) is 2.54. The zero-order valence-electron chi connectivity index (χ0n) is 9.30. The summed E-state index contributed by atoms with van der Waals surface area (Å²) in [7, 11) is 0. The van der Waals surface area contributed by atoms with Crippen LogP contribution in [0.15, 0.2) is 18.2 Å². The predicted molar refractivity (Wildman–Crippen MR) is 57.7 cm³/mol. The van der Waals surface area contributed by atoms with E-state index in [0.717, 1.165) is 0 Å². The third-order valence-electron chi connectivity index (χ3n) is 2.54. The van der Waals surface area contributed by atoms with Crippen LogP contribution < -0.4 is 4.74 Å². The molecule has 1 aromatic rings. The van der Waals surface area contributed by atoms with Gasteiger partial charge in [-0.3, -0.25) is 9.59 Å². The molecule has 0 saturated heterocycles. The maximum atomic E-state index is 11.6. The van der Waals surface area contributed by atoms with Crippen LogP contribution in [0.25, 0.3) is 0 Å². The molecular weight excluding hydrogens is 224 g/mol. The van der Waals surface area contributed by atoms with Crippen LogP contribution >= 0.6 is 0 Å². The van der Waals surface area contributed by atoms with Gasteiger partial charge >= 0.3 is 11.9 Å². The molecule has 0 unspecified atom stereocenters. The highest BCUT2D eigenvalue weighted by Crippen LogP contribution is 2.38. The summed E-state index contributed by atoms with van der Waals surface area (Å²) in [4.78, 5) is 22.9. The van der Waals surface area contributed by atoms with Gasteiger partial charge in [0.2, 0.25) is 0 Å². The van der Waals surface area contributed by atoms with Gasteiger partial charge in [-0.05, 0) is 25.1 Å². The molecule has 0 aliphatic carbocycles. The minimum atomic E-state index is -0.684. The number of esters is 2. The van der Waals surface area contributed by atoms with Gasteiger partial charge in [-0.2, -0.15) is 0 Å². The Balaban J connectivity index is 2.22. The SMILES string of the molecule is CCOC(=O)C[C@H]1C(=O)Oc2ccc(O)cc21. The van der Waals surface area contributed by atoms with Gasteiger partial charge in [0.1, 0.15) is 11.5 Å². The first-order chi connectivity index (χ1) is 8.11. The van der Waals surface area contributed by atoms with E-state index in [4.69, 9.17) is 9.47 Å². The third kappa shape index (κ3) is 2.22. The molecule has 1 aliphatic heterocycles. The van der Waals surface area contributed by atoms with Gasteiger partial charge < -0.3 is 14.6 Å². The maximum Gasteiger partial charge on any atom is 0.319 e. The zero-order chi connectivity index (χ0) is 12.4. The van der Waals surface area contributed by atoms with E-state index in [1.165, 1.54) is 18.2 Å². The average molecular weight is 236 g/mol. The summed E-state index contributed by atoms with van der Waals surface area (Å²) in [5.74, 6) is -1.20. The molecule has 1 heterocycles. The van der Waals surface area contributed by atoms with Crippen molar-refractivity contribution in [2.75, 3.05) is 6.61 Å². The van der Waals surface area contributed by atoms with Crippen molar-refractivity contribution in [1.82, 2.24) is 0 Å².